The Bertz CT molecular complexity index is 1030. The molecular weight excluding hydrogens is 417 g/mol. The zero-order valence-electron chi connectivity index (χ0n) is 15.9. The van der Waals surface area contributed by atoms with Crippen LogP contribution in [0.5, 0.6) is 11.5 Å². The molecule has 2 aromatic carbocycles. The zero-order chi connectivity index (χ0) is 22.3. The van der Waals surface area contributed by atoms with E-state index in [9.17, 15) is 22.8 Å². The van der Waals surface area contributed by atoms with Gasteiger partial charge in [-0.25, -0.2) is 0 Å². The molecule has 7 nitrogen and oxygen atoms in total. The van der Waals surface area contributed by atoms with Crippen molar-refractivity contribution in [2.75, 3.05) is 6.61 Å². The van der Waals surface area contributed by atoms with Crippen LogP contribution < -0.4 is 20.3 Å². The minimum atomic E-state index is -4.53. The summed E-state index contributed by atoms with van der Waals surface area (Å²) in [6.07, 6.45) is -3.22. The molecule has 0 spiro atoms. The number of para-hydroxylation sites is 1. The summed E-state index contributed by atoms with van der Waals surface area (Å²) < 4.78 is 53.8. The van der Waals surface area contributed by atoms with E-state index >= 15 is 0 Å². The molecule has 162 valence electrons. The van der Waals surface area contributed by atoms with Crippen molar-refractivity contribution < 1.29 is 36.7 Å². The van der Waals surface area contributed by atoms with Crippen molar-refractivity contribution in [2.24, 2.45) is 0 Å². The number of carbonyl (C=O) groups is 2. The number of alkyl halides is 3. The molecule has 0 unspecified atom stereocenters. The van der Waals surface area contributed by atoms with Crippen molar-refractivity contribution in [2.45, 2.75) is 12.8 Å². The van der Waals surface area contributed by atoms with E-state index in [1.807, 2.05) is 6.07 Å². The molecule has 31 heavy (non-hydrogen) atoms. The molecule has 1 heterocycles. The van der Waals surface area contributed by atoms with Gasteiger partial charge in [-0.3, -0.25) is 20.4 Å². The number of ether oxygens (including phenoxy) is 2. The van der Waals surface area contributed by atoms with Crippen LogP contribution in [-0.2, 0) is 17.6 Å². The molecule has 0 radical (unpaired) electrons. The van der Waals surface area contributed by atoms with Gasteiger partial charge in [0.15, 0.2) is 12.4 Å². The number of nitrogens with one attached hydrogen (secondary N) is 2. The van der Waals surface area contributed by atoms with Crippen LogP contribution in [0, 0.1) is 0 Å². The molecule has 1 aromatic heterocycles. The van der Waals surface area contributed by atoms with Crippen molar-refractivity contribution in [3.63, 3.8) is 0 Å². The van der Waals surface area contributed by atoms with Crippen LogP contribution in [0.25, 0.3) is 0 Å². The average Bonchev–Trinajstić information content (AvgIpc) is 3.24. The topological polar surface area (TPSA) is 89.8 Å². The zero-order valence-corrected chi connectivity index (χ0v) is 15.9. The summed E-state index contributed by atoms with van der Waals surface area (Å²) in [5.41, 5.74) is 3.80. The first kappa shape index (κ1) is 21.8. The van der Waals surface area contributed by atoms with E-state index in [1.54, 1.807) is 30.3 Å². The van der Waals surface area contributed by atoms with Gasteiger partial charge in [-0.15, -0.1) is 0 Å². The normalized spacial score (nSPS) is 10.9. The third-order valence-electron chi connectivity index (χ3n) is 3.94. The summed E-state index contributed by atoms with van der Waals surface area (Å²) in [5, 5.41) is 0. The molecule has 0 aliphatic carbocycles. The van der Waals surface area contributed by atoms with Gasteiger partial charge in [0.05, 0.1) is 11.8 Å². The van der Waals surface area contributed by atoms with E-state index in [0.717, 1.165) is 18.2 Å². The molecule has 10 heteroatoms. The Morgan fingerprint density at radius 2 is 1.65 bits per heavy atom. The van der Waals surface area contributed by atoms with Crippen molar-refractivity contribution in [3.8, 4) is 11.5 Å². The van der Waals surface area contributed by atoms with Crippen LogP contribution in [0.15, 0.2) is 71.3 Å². The molecule has 3 rings (SSSR count). The lowest BCUT2D eigenvalue weighted by molar-refractivity contribution is -0.137. The molecule has 0 aliphatic rings. The second-order valence-corrected chi connectivity index (χ2v) is 6.19. The molecule has 2 amide bonds. The van der Waals surface area contributed by atoms with Crippen LogP contribution >= 0.6 is 0 Å². The fraction of sp³-hybridized carbons (Fsp3) is 0.143. The maximum absolute atomic E-state index is 12.7. The van der Waals surface area contributed by atoms with Crippen LogP contribution in [0.3, 0.4) is 0 Å². The maximum Gasteiger partial charge on any atom is 0.416 e. The van der Waals surface area contributed by atoms with Gasteiger partial charge in [-0.05, 0) is 36.4 Å². The number of carbonyl (C=O) groups excluding carboxylic acids is 2. The Kier molecular flexibility index (Phi) is 6.81. The van der Waals surface area contributed by atoms with Crippen molar-refractivity contribution in [1.29, 1.82) is 0 Å². The lowest BCUT2D eigenvalue weighted by Gasteiger charge is -2.11. The summed E-state index contributed by atoms with van der Waals surface area (Å²) in [7, 11) is 0. The van der Waals surface area contributed by atoms with Gasteiger partial charge in [0.1, 0.15) is 18.1 Å². The van der Waals surface area contributed by atoms with E-state index in [-0.39, 0.29) is 18.1 Å². The minimum Gasteiger partial charge on any atom is -0.489 e. The summed E-state index contributed by atoms with van der Waals surface area (Å²) in [4.78, 5) is 24.1. The summed E-state index contributed by atoms with van der Waals surface area (Å²) >= 11 is 0. The van der Waals surface area contributed by atoms with Crippen LogP contribution in [-0.4, -0.2) is 18.4 Å². The van der Waals surface area contributed by atoms with E-state index in [0.29, 0.717) is 11.3 Å². The fourth-order valence-electron chi connectivity index (χ4n) is 2.46. The number of benzene rings is 2. The molecule has 0 saturated heterocycles. The Labute approximate surface area is 174 Å². The number of hydrazine groups is 1. The second-order valence-electron chi connectivity index (χ2n) is 6.19. The van der Waals surface area contributed by atoms with E-state index in [1.165, 1.54) is 12.3 Å². The fourth-order valence-corrected chi connectivity index (χ4v) is 2.46. The number of halogens is 3. The van der Waals surface area contributed by atoms with E-state index in [4.69, 9.17) is 13.9 Å². The molecule has 0 bridgehead atoms. The average molecular weight is 434 g/mol. The number of hydrogen-bond acceptors (Lipinski definition) is 5. The predicted octanol–water partition coefficient (Wildman–Crippen LogP) is 3.72. The predicted molar refractivity (Wildman–Crippen MR) is 102 cm³/mol. The number of amides is 2. The molecule has 0 fully saturated rings. The van der Waals surface area contributed by atoms with Crippen molar-refractivity contribution in [3.05, 3.63) is 83.8 Å². The smallest absolute Gasteiger partial charge is 0.416 e. The van der Waals surface area contributed by atoms with Crippen LogP contribution in [0.2, 0.25) is 0 Å². The van der Waals surface area contributed by atoms with Gasteiger partial charge in [-0.1, -0.05) is 24.3 Å². The second kappa shape index (κ2) is 9.70. The van der Waals surface area contributed by atoms with Gasteiger partial charge in [-0.2, -0.15) is 13.2 Å². The third-order valence-corrected chi connectivity index (χ3v) is 3.94. The molecular formula is C21H17F3N2O5. The summed E-state index contributed by atoms with van der Waals surface area (Å²) in [5.74, 6) is -1.10. The molecule has 0 saturated carbocycles. The molecule has 2 N–H and O–H groups in total. The molecule has 0 atom stereocenters. The largest absolute Gasteiger partial charge is 0.489 e. The van der Waals surface area contributed by atoms with Gasteiger partial charge < -0.3 is 13.9 Å². The SMILES string of the molecule is O=C(COc1cccc(C(F)(F)F)c1)NNC(=O)c1occc1COc1ccccc1. The quantitative estimate of drug-likeness (QED) is 0.554. The first-order valence-corrected chi connectivity index (χ1v) is 8.96. The highest BCUT2D eigenvalue weighted by molar-refractivity contribution is 5.94. The Hall–Kier alpha value is -3.95. The van der Waals surface area contributed by atoms with Gasteiger partial charge in [0, 0.05) is 5.56 Å². The monoisotopic (exact) mass is 434 g/mol. The minimum absolute atomic E-state index is 0.0602. The van der Waals surface area contributed by atoms with Gasteiger partial charge in [0.25, 0.3) is 5.91 Å². The first-order chi connectivity index (χ1) is 14.8. The Balaban J connectivity index is 1.48. The van der Waals surface area contributed by atoms with E-state index < -0.39 is 30.2 Å². The number of rotatable bonds is 7. The summed E-state index contributed by atoms with van der Waals surface area (Å²) in [6.45, 7) is -0.542. The lowest BCUT2D eigenvalue weighted by atomic mass is 10.2. The highest BCUT2D eigenvalue weighted by atomic mass is 19.4. The van der Waals surface area contributed by atoms with Crippen molar-refractivity contribution in [1.82, 2.24) is 10.9 Å². The first-order valence-electron chi connectivity index (χ1n) is 8.96. The van der Waals surface area contributed by atoms with Crippen molar-refractivity contribution >= 4 is 11.8 Å². The molecule has 3 aromatic rings. The van der Waals surface area contributed by atoms with Crippen LogP contribution in [0.4, 0.5) is 13.2 Å². The molecule has 0 aliphatic heterocycles. The number of furan rings is 1. The van der Waals surface area contributed by atoms with E-state index in [2.05, 4.69) is 10.9 Å². The van der Waals surface area contributed by atoms with Crippen LogP contribution in [0.1, 0.15) is 21.7 Å². The highest BCUT2D eigenvalue weighted by Gasteiger charge is 2.30. The lowest BCUT2D eigenvalue weighted by Crippen LogP contribution is -2.44. The third kappa shape index (κ3) is 6.26. The van der Waals surface area contributed by atoms with Gasteiger partial charge in [0.2, 0.25) is 0 Å². The highest BCUT2D eigenvalue weighted by Crippen LogP contribution is 2.31. The Morgan fingerprint density at radius 1 is 0.903 bits per heavy atom. The Morgan fingerprint density at radius 3 is 2.39 bits per heavy atom. The van der Waals surface area contributed by atoms with Gasteiger partial charge >= 0.3 is 12.1 Å². The maximum atomic E-state index is 12.7. The number of hydrogen-bond donors (Lipinski definition) is 2. The standard InChI is InChI=1S/C21H17F3N2O5/c22-21(23,24)15-5-4-8-17(11-15)31-13-18(27)25-26-20(28)19-14(9-10-29-19)12-30-16-6-2-1-3-7-16/h1-11H,12-13H2,(H,25,27)(H,26,28). The summed E-state index contributed by atoms with van der Waals surface area (Å²) in [6, 6.07) is 14.6.